The van der Waals surface area contributed by atoms with Gasteiger partial charge in [0.2, 0.25) is 0 Å². The monoisotopic (exact) mass is 220 g/mol. The third kappa shape index (κ3) is 2.08. The predicted octanol–water partition coefficient (Wildman–Crippen LogP) is 2.51. The highest BCUT2D eigenvalue weighted by molar-refractivity contribution is 5.74. The first-order valence-corrected chi connectivity index (χ1v) is 5.89. The van der Waals surface area contributed by atoms with Gasteiger partial charge in [0.1, 0.15) is 5.75 Å². The summed E-state index contributed by atoms with van der Waals surface area (Å²) in [5.74, 6) is 1.52. The molecule has 3 nitrogen and oxygen atoms in total. The van der Waals surface area contributed by atoms with Crippen molar-refractivity contribution in [3.63, 3.8) is 0 Å². The second kappa shape index (κ2) is 4.64. The maximum atomic E-state index is 6.10. The van der Waals surface area contributed by atoms with Crippen LogP contribution < -0.4 is 15.4 Å². The summed E-state index contributed by atoms with van der Waals surface area (Å²) in [6.45, 7) is 4.49. The van der Waals surface area contributed by atoms with Gasteiger partial charge in [-0.05, 0) is 30.9 Å². The van der Waals surface area contributed by atoms with Crippen LogP contribution in [0.2, 0.25) is 0 Å². The van der Waals surface area contributed by atoms with E-state index in [0.29, 0.717) is 0 Å². The number of methoxy groups -OCH3 is 1. The maximum absolute atomic E-state index is 6.10. The van der Waals surface area contributed by atoms with E-state index in [1.54, 1.807) is 7.11 Å². The van der Waals surface area contributed by atoms with Gasteiger partial charge < -0.3 is 15.4 Å². The Morgan fingerprint density at radius 3 is 2.94 bits per heavy atom. The zero-order valence-electron chi connectivity index (χ0n) is 10.1. The van der Waals surface area contributed by atoms with Gasteiger partial charge in [0.25, 0.3) is 0 Å². The molecule has 1 unspecified atom stereocenters. The van der Waals surface area contributed by atoms with Gasteiger partial charge >= 0.3 is 0 Å². The summed E-state index contributed by atoms with van der Waals surface area (Å²) in [5, 5.41) is 0. The molecular formula is C13H20N2O. The normalized spacial score (nSPS) is 20.9. The summed E-state index contributed by atoms with van der Waals surface area (Å²) in [5.41, 5.74) is 7.98. The molecule has 1 fully saturated rings. The molecule has 1 aliphatic rings. The minimum Gasteiger partial charge on any atom is -0.495 e. The van der Waals surface area contributed by atoms with Crippen LogP contribution >= 0.6 is 0 Å². The van der Waals surface area contributed by atoms with Gasteiger partial charge in [0, 0.05) is 13.1 Å². The fourth-order valence-electron chi connectivity index (χ4n) is 2.39. The second-order valence-electron chi connectivity index (χ2n) is 4.59. The Labute approximate surface area is 97.2 Å². The highest BCUT2D eigenvalue weighted by Gasteiger charge is 2.19. The van der Waals surface area contributed by atoms with Crippen LogP contribution in [0.3, 0.4) is 0 Å². The molecule has 16 heavy (non-hydrogen) atoms. The molecule has 0 aromatic heterocycles. The molecule has 88 valence electrons. The van der Waals surface area contributed by atoms with Crippen LogP contribution in [-0.2, 0) is 0 Å². The van der Waals surface area contributed by atoms with E-state index in [0.717, 1.165) is 36.1 Å². The number of nitrogen functional groups attached to an aromatic ring is 1. The van der Waals surface area contributed by atoms with Crippen molar-refractivity contribution < 1.29 is 4.74 Å². The lowest BCUT2D eigenvalue weighted by Gasteiger charge is -2.33. The smallest absolute Gasteiger partial charge is 0.143 e. The maximum Gasteiger partial charge on any atom is 0.143 e. The number of para-hydroxylation sites is 1. The quantitative estimate of drug-likeness (QED) is 0.778. The van der Waals surface area contributed by atoms with Gasteiger partial charge in [0.05, 0.1) is 18.5 Å². The number of nitrogens with zero attached hydrogens (tertiary/aromatic N) is 1. The van der Waals surface area contributed by atoms with E-state index in [1.165, 1.54) is 12.8 Å². The summed E-state index contributed by atoms with van der Waals surface area (Å²) in [4.78, 5) is 2.37. The molecule has 0 saturated carbocycles. The van der Waals surface area contributed by atoms with Crippen molar-refractivity contribution in [3.8, 4) is 5.75 Å². The zero-order chi connectivity index (χ0) is 11.5. The Morgan fingerprint density at radius 2 is 2.25 bits per heavy atom. The molecule has 1 aliphatic heterocycles. The van der Waals surface area contributed by atoms with Crippen LogP contribution in [-0.4, -0.2) is 20.2 Å². The number of hydrogen-bond acceptors (Lipinski definition) is 3. The first-order chi connectivity index (χ1) is 7.72. The molecule has 1 aromatic rings. The summed E-state index contributed by atoms with van der Waals surface area (Å²) in [6, 6.07) is 5.99. The average Bonchev–Trinajstić information content (AvgIpc) is 2.29. The molecule has 1 aromatic carbocycles. The van der Waals surface area contributed by atoms with Crippen molar-refractivity contribution in [3.05, 3.63) is 18.2 Å². The molecule has 1 heterocycles. The summed E-state index contributed by atoms with van der Waals surface area (Å²) >= 11 is 0. The molecule has 2 N–H and O–H groups in total. The molecule has 0 spiro atoms. The fraction of sp³-hybridized carbons (Fsp3) is 0.538. The molecule has 0 amide bonds. The average molecular weight is 220 g/mol. The number of piperidine rings is 1. The highest BCUT2D eigenvalue weighted by Crippen LogP contribution is 2.34. The van der Waals surface area contributed by atoms with E-state index in [-0.39, 0.29) is 0 Å². The summed E-state index contributed by atoms with van der Waals surface area (Å²) < 4.78 is 5.25. The minimum absolute atomic E-state index is 0.749. The van der Waals surface area contributed by atoms with Crippen LogP contribution in [0.25, 0.3) is 0 Å². The van der Waals surface area contributed by atoms with Crippen molar-refractivity contribution in [2.75, 3.05) is 30.8 Å². The number of anilines is 2. The van der Waals surface area contributed by atoms with Crippen molar-refractivity contribution in [2.45, 2.75) is 19.8 Å². The number of benzene rings is 1. The molecule has 1 saturated heterocycles. The third-order valence-electron chi connectivity index (χ3n) is 3.26. The van der Waals surface area contributed by atoms with Crippen molar-refractivity contribution in [2.24, 2.45) is 5.92 Å². The lowest BCUT2D eigenvalue weighted by Crippen LogP contribution is -2.34. The minimum atomic E-state index is 0.749. The van der Waals surface area contributed by atoms with Crippen molar-refractivity contribution in [1.82, 2.24) is 0 Å². The van der Waals surface area contributed by atoms with Crippen LogP contribution in [0.5, 0.6) is 5.75 Å². The van der Waals surface area contributed by atoms with Gasteiger partial charge in [0.15, 0.2) is 0 Å². The lowest BCUT2D eigenvalue weighted by atomic mass is 9.99. The third-order valence-corrected chi connectivity index (χ3v) is 3.26. The van der Waals surface area contributed by atoms with Crippen LogP contribution in [0.15, 0.2) is 18.2 Å². The van der Waals surface area contributed by atoms with Crippen LogP contribution in [0, 0.1) is 5.92 Å². The van der Waals surface area contributed by atoms with Gasteiger partial charge in [-0.3, -0.25) is 0 Å². The van der Waals surface area contributed by atoms with Crippen LogP contribution in [0.4, 0.5) is 11.4 Å². The van der Waals surface area contributed by atoms with Crippen LogP contribution in [0.1, 0.15) is 19.8 Å². The summed E-state index contributed by atoms with van der Waals surface area (Å²) in [6.07, 6.45) is 2.57. The molecule has 0 aliphatic carbocycles. The van der Waals surface area contributed by atoms with Gasteiger partial charge in [-0.25, -0.2) is 0 Å². The van der Waals surface area contributed by atoms with Crippen molar-refractivity contribution in [1.29, 1.82) is 0 Å². The Balaban J connectivity index is 2.25. The zero-order valence-corrected chi connectivity index (χ0v) is 10.1. The van der Waals surface area contributed by atoms with Gasteiger partial charge in [-0.2, -0.15) is 0 Å². The largest absolute Gasteiger partial charge is 0.495 e. The van der Waals surface area contributed by atoms with Crippen molar-refractivity contribution >= 4 is 11.4 Å². The van der Waals surface area contributed by atoms with E-state index < -0.39 is 0 Å². The molecule has 2 rings (SSSR count). The Morgan fingerprint density at radius 1 is 1.44 bits per heavy atom. The predicted molar refractivity (Wildman–Crippen MR) is 68.0 cm³/mol. The topological polar surface area (TPSA) is 38.5 Å². The van der Waals surface area contributed by atoms with E-state index >= 15 is 0 Å². The molecule has 0 bridgehead atoms. The molecular weight excluding hydrogens is 200 g/mol. The first-order valence-electron chi connectivity index (χ1n) is 5.89. The number of hydrogen-bond donors (Lipinski definition) is 1. The molecule has 1 atom stereocenters. The SMILES string of the molecule is COc1cccc(N2CCCC(C)C2)c1N. The van der Waals surface area contributed by atoms with E-state index in [9.17, 15) is 0 Å². The Bertz CT molecular complexity index is 365. The molecule has 3 heteroatoms. The van der Waals surface area contributed by atoms with E-state index in [4.69, 9.17) is 10.5 Å². The first kappa shape index (κ1) is 11.1. The highest BCUT2D eigenvalue weighted by atomic mass is 16.5. The van der Waals surface area contributed by atoms with Gasteiger partial charge in [-0.1, -0.05) is 13.0 Å². The second-order valence-corrected chi connectivity index (χ2v) is 4.59. The summed E-state index contributed by atoms with van der Waals surface area (Å²) in [7, 11) is 1.66. The molecule has 0 radical (unpaired) electrons. The van der Waals surface area contributed by atoms with Gasteiger partial charge in [-0.15, -0.1) is 0 Å². The lowest BCUT2D eigenvalue weighted by molar-refractivity contribution is 0.415. The Hall–Kier alpha value is -1.38. The van der Waals surface area contributed by atoms with E-state index in [1.807, 2.05) is 12.1 Å². The van der Waals surface area contributed by atoms with E-state index in [2.05, 4.69) is 17.9 Å². The standard InChI is InChI=1S/C13H20N2O/c1-10-5-4-8-15(9-10)11-6-3-7-12(16-2)13(11)14/h3,6-7,10H,4-5,8-9,14H2,1-2H3. The number of rotatable bonds is 2. The number of ether oxygens (including phenoxy) is 1. The fourth-order valence-corrected chi connectivity index (χ4v) is 2.39. The Kier molecular flexibility index (Phi) is 3.22. The number of nitrogens with two attached hydrogens (primary N) is 1.